The SMILES string of the molecule is COc1cccc(C(=O)N2C[C@H](C(=O)NC(C)C)[C@H](c3cccc(F)c3)C2)c1. The highest BCUT2D eigenvalue weighted by Crippen LogP contribution is 2.34. The minimum atomic E-state index is -0.432. The molecular formula is C22H25FN2O3. The molecule has 0 unspecified atom stereocenters. The van der Waals surface area contributed by atoms with Gasteiger partial charge in [-0.1, -0.05) is 18.2 Å². The molecule has 0 aliphatic carbocycles. The zero-order chi connectivity index (χ0) is 20.3. The van der Waals surface area contributed by atoms with Crippen molar-refractivity contribution in [2.24, 2.45) is 5.92 Å². The van der Waals surface area contributed by atoms with Gasteiger partial charge in [-0.25, -0.2) is 4.39 Å². The molecule has 148 valence electrons. The molecule has 6 heteroatoms. The number of likely N-dealkylation sites (tertiary alicyclic amines) is 1. The van der Waals surface area contributed by atoms with Crippen molar-refractivity contribution in [1.82, 2.24) is 10.2 Å². The second kappa shape index (κ2) is 8.42. The van der Waals surface area contributed by atoms with E-state index in [0.29, 0.717) is 17.9 Å². The number of amides is 2. The average molecular weight is 384 g/mol. The number of hydrogen-bond donors (Lipinski definition) is 1. The van der Waals surface area contributed by atoms with E-state index in [9.17, 15) is 14.0 Å². The van der Waals surface area contributed by atoms with Crippen LogP contribution in [0.15, 0.2) is 48.5 Å². The van der Waals surface area contributed by atoms with Gasteiger partial charge in [0.25, 0.3) is 5.91 Å². The fourth-order valence-corrected chi connectivity index (χ4v) is 3.64. The van der Waals surface area contributed by atoms with Crippen LogP contribution in [0.4, 0.5) is 4.39 Å². The molecule has 3 rings (SSSR count). The van der Waals surface area contributed by atoms with E-state index in [1.807, 2.05) is 19.9 Å². The second-order valence-corrected chi connectivity index (χ2v) is 7.37. The predicted molar refractivity (Wildman–Crippen MR) is 105 cm³/mol. The molecule has 5 nitrogen and oxygen atoms in total. The quantitative estimate of drug-likeness (QED) is 0.861. The smallest absolute Gasteiger partial charge is 0.254 e. The maximum atomic E-state index is 13.8. The number of benzene rings is 2. The second-order valence-electron chi connectivity index (χ2n) is 7.37. The molecule has 1 fully saturated rings. The summed E-state index contributed by atoms with van der Waals surface area (Å²) in [5.74, 6) is -0.730. The number of carbonyl (C=O) groups is 2. The van der Waals surface area contributed by atoms with Crippen molar-refractivity contribution >= 4 is 11.8 Å². The number of nitrogens with zero attached hydrogens (tertiary/aromatic N) is 1. The Morgan fingerprint density at radius 1 is 1.14 bits per heavy atom. The summed E-state index contributed by atoms with van der Waals surface area (Å²) < 4.78 is 19.0. The van der Waals surface area contributed by atoms with Crippen molar-refractivity contribution in [1.29, 1.82) is 0 Å². The Kier molecular flexibility index (Phi) is 5.97. The van der Waals surface area contributed by atoms with Crippen molar-refractivity contribution in [3.05, 3.63) is 65.5 Å². The lowest BCUT2D eigenvalue weighted by Gasteiger charge is -2.19. The number of rotatable bonds is 5. The van der Waals surface area contributed by atoms with Gasteiger partial charge in [0, 0.05) is 30.6 Å². The van der Waals surface area contributed by atoms with E-state index < -0.39 is 5.92 Å². The molecule has 0 bridgehead atoms. The number of ether oxygens (including phenoxy) is 1. The van der Waals surface area contributed by atoms with E-state index in [1.54, 1.807) is 42.3 Å². The summed E-state index contributed by atoms with van der Waals surface area (Å²) in [6.45, 7) is 4.43. The summed E-state index contributed by atoms with van der Waals surface area (Å²) in [6.07, 6.45) is 0. The Hall–Kier alpha value is -2.89. The van der Waals surface area contributed by atoms with Gasteiger partial charge in [0.2, 0.25) is 5.91 Å². The fraction of sp³-hybridized carbons (Fsp3) is 0.364. The van der Waals surface area contributed by atoms with Gasteiger partial charge in [0.1, 0.15) is 11.6 Å². The molecule has 0 saturated carbocycles. The molecule has 1 saturated heterocycles. The lowest BCUT2D eigenvalue weighted by atomic mass is 9.88. The Morgan fingerprint density at radius 2 is 1.89 bits per heavy atom. The molecule has 0 aromatic heterocycles. The number of halogens is 1. The normalized spacial score (nSPS) is 19.0. The van der Waals surface area contributed by atoms with Crippen LogP contribution in [-0.4, -0.2) is 43.0 Å². The molecule has 1 heterocycles. The van der Waals surface area contributed by atoms with Crippen LogP contribution in [0.25, 0.3) is 0 Å². The first-order valence-corrected chi connectivity index (χ1v) is 9.38. The zero-order valence-electron chi connectivity index (χ0n) is 16.3. The van der Waals surface area contributed by atoms with Crippen molar-refractivity contribution in [3.8, 4) is 5.75 Å². The first-order valence-electron chi connectivity index (χ1n) is 9.38. The maximum Gasteiger partial charge on any atom is 0.254 e. The molecule has 2 aromatic carbocycles. The molecule has 1 aliphatic heterocycles. The number of carbonyl (C=O) groups excluding carboxylic acids is 2. The highest BCUT2D eigenvalue weighted by Gasteiger charge is 2.40. The molecule has 1 aliphatic rings. The topological polar surface area (TPSA) is 58.6 Å². The van der Waals surface area contributed by atoms with Crippen molar-refractivity contribution in [2.45, 2.75) is 25.8 Å². The summed E-state index contributed by atoms with van der Waals surface area (Å²) in [6, 6.07) is 13.2. The van der Waals surface area contributed by atoms with Crippen LogP contribution in [0.2, 0.25) is 0 Å². The van der Waals surface area contributed by atoms with Crippen LogP contribution in [0.5, 0.6) is 5.75 Å². The van der Waals surface area contributed by atoms with Gasteiger partial charge >= 0.3 is 0 Å². The third-order valence-corrected chi connectivity index (χ3v) is 4.97. The average Bonchev–Trinajstić information content (AvgIpc) is 3.12. The molecule has 2 amide bonds. The molecule has 2 aromatic rings. The van der Waals surface area contributed by atoms with Crippen LogP contribution >= 0.6 is 0 Å². The minimum absolute atomic E-state index is 0.0104. The van der Waals surface area contributed by atoms with Crippen LogP contribution in [0.1, 0.15) is 35.7 Å². The Balaban J connectivity index is 1.88. The monoisotopic (exact) mass is 384 g/mol. The van der Waals surface area contributed by atoms with E-state index >= 15 is 0 Å². The number of nitrogens with one attached hydrogen (secondary N) is 1. The van der Waals surface area contributed by atoms with Crippen molar-refractivity contribution in [3.63, 3.8) is 0 Å². The lowest BCUT2D eigenvalue weighted by Crippen LogP contribution is -2.39. The minimum Gasteiger partial charge on any atom is -0.497 e. The molecule has 0 radical (unpaired) electrons. The van der Waals surface area contributed by atoms with Gasteiger partial charge < -0.3 is 15.0 Å². The van der Waals surface area contributed by atoms with Gasteiger partial charge in [0.05, 0.1) is 13.0 Å². The highest BCUT2D eigenvalue weighted by atomic mass is 19.1. The van der Waals surface area contributed by atoms with Crippen LogP contribution < -0.4 is 10.1 Å². The van der Waals surface area contributed by atoms with Gasteiger partial charge in [-0.05, 0) is 49.7 Å². The molecule has 0 spiro atoms. The molecular weight excluding hydrogens is 359 g/mol. The lowest BCUT2D eigenvalue weighted by molar-refractivity contribution is -0.125. The zero-order valence-corrected chi connectivity index (χ0v) is 16.3. The first-order chi connectivity index (χ1) is 13.4. The van der Waals surface area contributed by atoms with E-state index in [2.05, 4.69) is 5.32 Å². The molecule has 28 heavy (non-hydrogen) atoms. The van der Waals surface area contributed by atoms with Gasteiger partial charge in [-0.2, -0.15) is 0 Å². The molecule has 2 atom stereocenters. The van der Waals surface area contributed by atoms with Gasteiger partial charge in [-0.3, -0.25) is 9.59 Å². The van der Waals surface area contributed by atoms with Crippen LogP contribution in [-0.2, 0) is 4.79 Å². The summed E-state index contributed by atoms with van der Waals surface area (Å²) >= 11 is 0. The number of methoxy groups -OCH3 is 1. The Morgan fingerprint density at radius 3 is 2.57 bits per heavy atom. The van der Waals surface area contributed by atoms with E-state index in [4.69, 9.17) is 4.74 Å². The maximum absolute atomic E-state index is 13.8. The standard InChI is InChI=1S/C22H25FN2O3/c1-14(2)24-21(26)20-13-25(12-19(20)15-6-4-8-17(23)10-15)22(27)16-7-5-9-18(11-16)28-3/h4-11,14,19-20H,12-13H2,1-3H3,(H,24,26)/t19-,20-/m0/s1. The largest absolute Gasteiger partial charge is 0.497 e. The third kappa shape index (κ3) is 4.32. The predicted octanol–water partition coefficient (Wildman–Crippen LogP) is 3.21. The third-order valence-electron chi connectivity index (χ3n) is 4.97. The number of hydrogen-bond acceptors (Lipinski definition) is 3. The van der Waals surface area contributed by atoms with Gasteiger partial charge in [0.15, 0.2) is 0 Å². The molecule has 1 N–H and O–H groups in total. The summed E-state index contributed by atoms with van der Waals surface area (Å²) in [5, 5.41) is 2.93. The van der Waals surface area contributed by atoms with Crippen molar-refractivity contribution < 1.29 is 18.7 Å². The van der Waals surface area contributed by atoms with E-state index in [0.717, 1.165) is 5.56 Å². The van der Waals surface area contributed by atoms with Crippen LogP contribution in [0, 0.1) is 11.7 Å². The fourth-order valence-electron chi connectivity index (χ4n) is 3.64. The van der Waals surface area contributed by atoms with Gasteiger partial charge in [-0.15, -0.1) is 0 Å². The van der Waals surface area contributed by atoms with Crippen LogP contribution in [0.3, 0.4) is 0 Å². The van der Waals surface area contributed by atoms with E-state index in [1.165, 1.54) is 12.1 Å². The Labute approximate surface area is 164 Å². The summed E-state index contributed by atoms with van der Waals surface area (Å²) in [4.78, 5) is 27.4. The highest BCUT2D eigenvalue weighted by molar-refractivity contribution is 5.95. The summed E-state index contributed by atoms with van der Waals surface area (Å²) in [7, 11) is 1.55. The first kappa shape index (κ1) is 19.9. The summed E-state index contributed by atoms with van der Waals surface area (Å²) in [5.41, 5.74) is 1.23. The Bertz CT molecular complexity index is 868. The van der Waals surface area contributed by atoms with E-state index in [-0.39, 0.29) is 36.1 Å². The van der Waals surface area contributed by atoms with Crippen molar-refractivity contribution in [2.75, 3.05) is 20.2 Å².